The lowest BCUT2D eigenvalue weighted by molar-refractivity contribution is 0.135. The summed E-state index contributed by atoms with van der Waals surface area (Å²) in [5.41, 5.74) is 0. The number of carbonyl (C=O) groups is 2. The Morgan fingerprint density at radius 1 is 0.556 bits per heavy atom. The van der Waals surface area contributed by atoms with Gasteiger partial charge in [-0.3, -0.25) is 0 Å². The van der Waals surface area contributed by atoms with E-state index in [1.165, 1.54) is 96.3 Å². The zero-order valence-corrected chi connectivity index (χ0v) is 17.8. The third-order valence-corrected chi connectivity index (χ3v) is 4.35. The zero-order valence-electron chi connectivity index (χ0n) is 17.8. The number of hydrogen-bond acceptors (Lipinski definition) is 2. The van der Waals surface area contributed by atoms with Gasteiger partial charge < -0.3 is 20.4 Å². The van der Waals surface area contributed by atoms with E-state index < -0.39 is 12.3 Å². The molecule has 0 aliphatic heterocycles. The summed E-state index contributed by atoms with van der Waals surface area (Å²) in [6.45, 7) is 7.05. The Hall–Kier alpha value is -1.46. The zero-order chi connectivity index (χ0) is 21.3. The van der Waals surface area contributed by atoms with Crippen LogP contribution in [0.3, 0.4) is 0 Å². The largest absolute Gasteiger partial charge is 0.503 e. The quantitative estimate of drug-likeness (QED) is 0.210. The number of hydrogen-bond donors (Lipinski definition) is 4. The Bertz CT molecular complexity index is 287. The van der Waals surface area contributed by atoms with Crippen LogP contribution < -0.4 is 0 Å². The minimum atomic E-state index is -1.83. The van der Waals surface area contributed by atoms with Crippen LogP contribution in [-0.4, -0.2) is 32.7 Å². The smallest absolute Gasteiger partial charge is 0.450 e. The van der Waals surface area contributed by atoms with Gasteiger partial charge in [0.1, 0.15) is 0 Å². The molecule has 0 spiro atoms. The highest BCUT2D eigenvalue weighted by atomic mass is 16.6. The van der Waals surface area contributed by atoms with Crippen molar-refractivity contribution in [2.24, 2.45) is 5.92 Å². The third-order valence-electron chi connectivity index (χ3n) is 4.35. The first kappa shape index (κ1) is 30.3. The fraction of sp³-hybridized carbons (Fsp3) is 0.905. The molecule has 6 nitrogen and oxygen atoms in total. The highest BCUT2D eigenvalue weighted by molar-refractivity contribution is 5.53. The van der Waals surface area contributed by atoms with Crippen molar-refractivity contribution in [2.75, 3.05) is 0 Å². The van der Waals surface area contributed by atoms with Gasteiger partial charge in [-0.25, -0.2) is 9.59 Å². The molecule has 0 saturated heterocycles. The van der Waals surface area contributed by atoms with Crippen LogP contribution in [0, 0.1) is 5.92 Å². The van der Waals surface area contributed by atoms with E-state index in [0.717, 1.165) is 5.92 Å². The lowest BCUT2D eigenvalue weighted by Gasteiger charge is -2.11. The SMILES string of the molecule is CCCCCCCCCC(C)CCCCCCCC.O=C(O)O.O=C(O)O. The van der Waals surface area contributed by atoms with Gasteiger partial charge in [0, 0.05) is 0 Å². The molecule has 0 bridgehead atoms. The Morgan fingerprint density at radius 3 is 1.04 bits per heavy atom. The van der Waals surface area contributed by atoms with Gasteiger partial charge in [0.2, 0.25) is 0 Å². The van der Waals surface area contributed by atoms with Gasteiger partial charge in [0.25, 0.3) is 0 Å². The summed E-state index contributed by atoms with van der Waals surface area (Å²) in [4.78, 5) is 17.1. The molecule has 0 fully saturated rings. The van der Waals surface area contributed by atoms with Crippen molar-refractivity contribution >= 4 is 12.3 Å². The Labute approximate surface area is 166 Å². The maximum Gasteiger partial charge on any atom is 0.503 e. The molecule has 0 rings (SSSR count). The molecule has 4 N–H and O–H groups in total. The first-order valence-corrected chi connectivity index (χ1v) is 10.6. The molecule has 0 aromatic heterocycles. The molecule has 164 valence electrons. The minimum absolute atomic E-state index is 0.974. The number of rotatable bonds is 15. The molecule has 0 aliphatic carbocycles. The summed E-state index contributed by atoms with van der Waals surface area (Å²) in [6.07, 6.45) is 18.1. The maximum absolute atomic E-state index is 8.56. The van der Waals surface area contributed by atoms with Crippen molar-refractivity contribution in [3.63, 3.8) is 0 Å². The summed E-state index contributed by atoms with van der Waals surface area (Å²) in [5, 5.41) is 27.9. The van der Waals surface area contributed by atoms with Gasteiger partial charge >= 0.3 is 12.3 Å². The highest BCUT2D eigenvalue weighted by Gasteiger charge is 2.02. The molecule has 0 heterocycles. The molecule has 0 amide bonds. The lowest BCUT2D eigenvalue weighted by Crippen LogP contribution is -1.95. The summed E-state index contributed by atoms with van der Waals surface area (Å²) >= 11 is 0. The van der Waals surface area contributed by atoms with E-state index in [9.17, 15) is 0 Å². The highest BCUT2D eigenvalue weighted by Crippen LogP contribution is 2.18. The summed E-state index contributed by atoms with van der Waals surface area (Å²) < 4.78 is 0. The van der Waals surface area contributed by atoms with Gasteiger partial charge in [0.05, 0.1) is 0 Å². The monoisotopic (exact) mass is 392 g/mol. The van der Waals surface area contributed by atoms with E-state index >= 15 is 0 Å². The number of carboxylic acid groups (broad SMARTS) is 4. The molecule has 1 atom stereocenters. The van der Waals surface area contributed by atoms with Crippen LogP contribution in [0.15, 0.2) is 0 Å². The van der Waals surface area contributed by atoms with Crippen LogP contribution in [0.4, 0.5) is 9.59 Å². The topological polar surface area (TPSA) is 115 Å². The van der Waals surface area contributed by atoms with Gasteiger partial charge in [-0.2, -0.15) is 0 Å². The van der Waals surface area contributed by atoms with Crippen LogP contribution in [-0.2, 0) is 0 Å². The second-order valence-electron chi connectivity index (χ2n) is 7.14. The molecular weight excluding hydrogens is 348 g/mol. The van der Waals surface area contributed by atoms with E-state index in [2.05, 4.69) is 20.8 Å². The van der Waals surface area contributed by atoms with Crippen LogP contribution in [0.25, 0.3) is 0 Å². The van der Waals surface area contributed by atoms with Crippen molar-refractivity contribution in [2.45, 2.75) is 117 Å². The predicted molar refractivity (Wildman–Crippen MR) is 111 cm³/mol. The standard InChI is InChI=1S/C19H40.2CH2O3/c1-4-6-8-10-12-14-16-18-19(3)17-15-13-11-9-7-5-2;2*2-1(3)4/h19H,4-18H2,1-3H3;2*(H2,2,3,4). The second kappa shape index (κ2) is 26.8. The van der Waals surface area contributed by atoms with Crippen LogP contribution in [0.2, 0.25) is 0 Å². The van der Waals surface area contributed by atoms with Crippen molar-refractivity contribution in [1.29, 1.82) is 0 Å². The van der Waals surface area contributed by atoms with E-state index in [1.54, 1.807) is 0 Å². The number of unbranched alkanes of at least 4 members (excludes halogenated alkanes) is 11. The third kappa shape index (κ3) is 51.6. The molecule has 27 heavy (non-hydrogen) atoms. The van der Waals surface area contributed by atoms with E-state index in [4.69, 9.17) is 30.0 Å². The van der Waals surface area contributed by atoms with E-state index in [-0.39, 0.29) is 0 Å². The molecule has 1 unspecified atom stereocenters. The second-order valence-corrected chi connectivity index (χ2v) is 7.14. The van der Waals surface area contributed by atoms with Crippen LogP contribution in [0.5, 0.6) is 0 Å². The van der Waals surface area contributed by atoms with E-state index in [1.807, 2.05) is 0 Å². The first-order chi connectivity index (χ1) is 12.8. The van der Waals surface area contributed by atoms with Gasteiger partial charge in [-0.1, -0.05) is 117 Å². The predicted octanol–water partition coefficient (Wildman–Crippen LogP) is 7.96. The lowest BCUT2D eigenvalue weighted by atomic mass is 9.96. The first-order valence-electron chi connectivity index (χ1n) is 10.6. The summed E-state index contributed by atoms with van der Waals surface area (Å²) in [5.74, 6) is 0.974. The Morgan fingerprint density at radius 2 is 0.778 bits per heavy atom. The fourth-order valence-corrected chi connectivity index (χ4v) is 2.87. The molecule has 0 aromatic carbocycles. The Kier molecular flexibility index (Phi) is 30.0. The van der Waals surface area contributed by atoms with Crippen LogP contribution in [0.1, 0.15) is 117 Å². The average Bonchev–Trinajstić information content (AvgIpc) is 2.56. The van der Waals surface area contributed by atoms with Crippen molar-refractivity contribution in [3.8, 4) is 0 Å². The van der Waals surface area contributed by atoms with Crippen molar-refractivity contribution in [1.82, 2.24) is 0 Å². The van der Waals surface area contributed by atoms with Gasteiger partial charge in [-0.05, 0) is 5.92 Å². The molecule has 0 radical (unpaired) electrons. The molecule has 0 aromatic rings. The van der Waals surface area contributed by atoms with Gasteiger partial charge in [0.15, 0.2) is 0 Å². The normalized spacial score (nSPS) is 10.8. The summed E-state index contributed by atoms with van der Waals surface area (Å²) in [7, 11) is 0. The minimum Gasteiger partial charge on any atom is -0.450 e. The fourth-order valence-electron chi connectivity index (χ4n) is 2.87. The van der Waals surface area contributed by atoms with Crippen molar-refractivity contribution in [3.05, 3.63) is 0 Å². The van der Waals surface area contributed by atoms with Gasteiger partial charge in [-0.15, -0.1) is 0 Å². The summed E-state index contributed by atoms with van der Waals surface area (Å²) in [6, 6.07) is 0. The molecule has 6 heteroatoms. The molecular formula is C21H44O6. The van der Waals surface area contributed by atoms with Crippen LogP contribution >= 0.6 is 0 Å². The Balaban J connectivity index is -0.000000603. The van der Waals surface area contributed by atoms with E-state index in [0.29, 0.717) is 0 Å². The average molecular weight is 393 g/mol. The molecule has 0 aliphatic rings. The molecule has 0 saturated carbocycles. The van der Waals surface area contributed by atoms with Crippen molar-refractivity contribution < 1.29 is 30.0 Å². The maximum atomic E-state index is 8.56.